The molecule has 0 aliphatic rings. The highest BCUT2D eigenvalue weighted by molar-refractivity contribution is 5.94. The van der Waals surface area contributed by atoms with E-state index in [1.165, 1.54) is 6.21 Å². The van der Waals surface area contributed by atoms with Crippen molar-refractivity contribution in [1.82, 2.24) is 15.6 Å². The van der Waals surface area contributed by atoms with Crippen molar-refractivity contribution >= 4 is 18.2 Å². The second-order valence-corrected chi connectivity index (χ2v) is 5.94. The van der Waals surface area contributed by atoms with Gasteiger partial charge in [-0.25, -0.2) is 5.43 Å². The molecule has 2 aromatic carbocycles. The SMILES string of the molecule is CCOc1ccc(-c2cc(C(=O)N/N=C\C=C\c3ccccc3OC)[nH]n2)cc1. The van der Waals surface area contributed by atoms with E-state index in [1.807, 2.05) is 61.5 Å². The van der Waals surface area contributed by atoms with E-state index in [9.17, 15) is 4.79 Å². The second kappa shape index (κ2) is 9.89. The number of amides is 1. The smallest absolute Gasteiger partial charge is 0.289 e. The van der Waals surface area contributed by atoms with Crippen LogP contribution in [0.1, 0.15) is 23.0 Å². The maximum absolute atomic E-state index is 12.2. The summed E-state index contributed by atoms with van der Waals surface area (Å²) in [4.78, 5) is 12.2. The Morgan fingerprint density at radius 3 is 2.76 bits per heavy atom. The number of H-pyrrole nitrogens is 1. The lowest BCUT2D eigenvalue weighted by atomic mass is 10.1. The highest BCUT2D eigenvalue weighted by atomic mass is 16.5. The van der Waals surface area contributed by atoms with Gasteiger partial charge >= 0.3 is 0 Å². The van der Waals surface area contributed by atoms with Gasteiger partial charge in [-0.1, -0.05) is 18.2 Å². The summed E-state index contributed by atoms with van der Waals surface area (Å²) in [6.07, 6.45) is 5.05. The number of aromatic nitrogens is 2. The molecule has 7 nitrogen and oxygen atoms in total. The molecule has 0 atom stereocenters. The molecule has 3 rings (SSSR count). The second-order valence-electron chi connectivity index (χ2n) is 5.94. The minimum Gasteiger partial charge on any atom is -0.496 e. The van der Waals surface area contributed by atoms with Crippen LogP contribution in [0, 0.1) is 0 Å². The summed E-state index contributed by atoms with van der Waals surface area (Å²) in [5.74, 6) is 1.18. The molecule has 148 valence electrons. The Labute approximate surface area is 169 Å². The van der Waals surface area contributed by atoms with Crippen LogP contribution >= 0.6 is 0 Å². The predicted molar refractivity (Wildman–Crippen MR) is 113 cm³/mol. The zero-order chi connectivity index (χ0) is 20.5. The van der Waals surface area contributed by atoms with E-state index >= 15 is 0 Å². The third kappa shape index (κ3) is 5.32. The van der Waals surface area contributed by atoms with E-state index in [0.717, 1.165) is 22.6 Å². The van der Waals surface area contributed by atoms with Crippen molar-refractivity contribution in [3.63, 3.8) is 0 Å². The molecule has 0 saturated carbocycles. The van der Waals surface area contributed by atoms with Crippen LogP contribution in [0.3, 0.4) is 0 Å². The Balaban J connectivity index is 1.57. The number of methoxy groups -OCH3 is 1. The van der Waals surface area contributed by atoms with Crippen molar-refractivity contribution in [2.75, 3.05) is 13.7 Å². The summed E-state index contributed by atoms with van der Waals surface area (Å²) in [6.45, 7) is 2.55. The van der Waals surface area contributed by atoms with Crippen molar-refractivity contribution in [3.8, 4) is 22.8 Å². The molecule has 0 aliphatic heterocycles. The number of aromatic amines is 1. The molecular formula is C22H22N4O3. The molecule has 29 heavy (non-hydrogen) atoms. The molecule has 0 bridgehead atoms. The maximum atomic E-state index is 12.2. The Morgan fingerprint density at radius 2 is 2.00 bits per heavy atom. The molecule has 1 amide bonds. The number of ether oxygens (including phenoxy) is 2. The lowest BCUT2D eigenvalue weighted by Crippen LogP contribution is -2.17. The number of para-hydroxylation sites is 1. The summed E-state index contributed by atoms with van der Waals surface area (Å²) < 4.78 is 10.7. The molecule has 2 N–H and O–H groups in total. The Morgan fingerprint density at radius 1 is 1.21 bits per heavy atom. The molecule has 7 heteroatoms. The molecule has 1 aromatic heterocycles. The molecule has 3 aromatic rings. The number of benzene rings is 2. The molecule has 0 saturated heterocycles. The van der Waals surface area contributed by atoms with Crippen molar-refractivity contribution in [1.29, 1.82) is 0 Å². The van der Waals surface area contributed by atoms with Crippen LogP contribution in [0.15, 0.2) is 65.8 Å². The van der Waals surface area contributed by atoms with Gasteiger partial charge in [0.1, 0.15) is 17.2 Å². The largest absolute Gasteiger partial charge is 0.496 e. The Kier molecular flexibility index (Phi) is 6.78. The average Bonchev–Trinajstić information content (AvgIpc) is 3.25. The number of hydrogen-bond donors (Lipinski definition) is 2. The fraction of sp³-hybridized carbons (Fsp3) is 0.136. The normalized spacial score (nSPS) is 11.1. The first-order valence-corrected chi connectivity index (χ1v) is 9.13. The zero-order valence-electron chi connectivity index (χ0n) is 16.3. The fourth-order valence-corrected chi connectivity index (χ4v) is 2.62. The standard InChI is InChI=1S/C22H22N4O3/c1-3-29-18-12-10-16(11-13-18)19-15-20(25-24-19)22(27)26-23-14-6-8-17-7-4-5-9-21(17)28-2/h4-15H,3H2,1-2H3,(H,24,25)(H,26,27)/b8-6+,23-14-. The van der Waals surface area contributed by atoms with Gasteiger partial charge in [-0.05, 0) is 55.5 Å². The summed E-state index contributed by atoms with van der Waals surface area (Å²) in [7, 11) is 1.62. The van der Waals surface area contributed by atoms with E-state index < -0.39 is 0 Å². The number of nitrogens with one attached hydrogen (secondary N) is 2. The Bertz CT molecular complexity index is 1010. The molecule has 0 radical (unpaired) electrons. The molecule has 1 heterocycles. The summed E-state index contributed by atoms with van der Waals surface area (Å²) in [6, 6.07) is 16.8. The van der Waals surface area contributed by atoms with Gasteiger partial charge in [0, 0.05) is 17.3 Å². The van der Waals surface area contributed by atoms with E-state index in [4.69, 9.17) is 9.47 Å². The minimum atomic E-state index is -0.378. The highest BCUT2D eigenvalue weighted by Gasteiger charge is 2.10. The van der Waals surface area contributed by atoms with Crippen LogP contribution in [0.2, 0.25) is 0 Å². The van der Waals surface area contributed by atoms with E-state index in [-0.39, 0.29) is 5.91 Å². The number of nitrogens with zero attached hydrogens (tertiary/aromatic N) is 2. The van der Waals surface area contributed by atoms with Gasteiger partial charge in [-0.15, -0.1) is 0 Å². The Hall–Kier alpha value is -3.87. The van der Waals surface area contributed by atoms with Crippen LogP contribution in [-0.2, 0) is 0 Å². The van der Waals surface area contributed by atoms with Gasteiger partial charge in [0.15, 0.2) is 0 Å². The van der Waals surface area contributed by atoms with E-state index in [2.05, 4.69) is 20.7 Å². The summed E-state index contributed by atoms with van der Waals surface area (Å²) in [5, 5.41) is 10.8. The van der Waals surface area contributed by atoms with Crippen molar-refractivity contribution in [2.24, 2.45) is 5.10 Å². The molecule has 0 spiro atoms. The first-order chi connectivity index (χ1) is 14.2. The number of allylic oxidation sites excluding steroid dienone is 1. The first kappa shape index (κ1) is 19.9. The zero-order valence-corrected chi connectivity index (χ0v) is 16.3. The van der Waals surface area contributed by atoms with Crippen LogP contribution < -0.4 is 14.9 Å². The lowest BCUT2D eigenvalue weighted by Gasteiger charge is -2.02. The number of hydrazone groups is 1. The van der Waals surface area contributed by atoms with Crippen molar-refractivity contribution < 1.29 is 14.3 Å². The maximum Gasteiger partial charge on any atom is 0.289 e. The number of carbonyl (C=O) groups excluding carboxylic acids is 1. The van der Waals surface area contributed by atoms with Gasteiger partial charge < -0.3 is 9.47 Å². The summed E-state index contributed by atoms with van der Waals surface area (Å²) in [5.41, 5.74) is 5.24. The van der Waals surface area contributed by atoms with Crippen molar-refractivity contribution in [3.05, 3.63) is 71.9 Å². The quantitative estimate of drug-likeness (QED) is 0.451. The average molecular weight is 390 g/mol. The molecule has 0 fully saturated rings. The lowest BCUT2D eigenvalue weighted by molar-refractivity contribution is 0.0950. The third-order valence-corrected chi connectivity index (χ3v) is 4.02. The highest BCUT2D eigenvalue weighted by Crippen LogP contribution is 2.21. The van der Waals surface area contributed by atoms with Crippen LogP contribution in [0.25, 0.3) is 17.3 Å². The summed E-state index contributed by atoms with van der Waals surface area (Å²) >= 11 is 0. The van der Waals surface area contributed by atoms with Crippen molar-refractivity contribution in [2.45, 2.75) is 6.92 Å². The fourth-order valence-electron chi connectivity index (χ4n) is 2.62. The van der Waals surface area contributed by atoms with Gasteiger partial charge in [0.25, 0.3) is 5.91 Å². The number of rotatable bonds is 8. The van der Waals surface area contributed by atoms with Crippen LogP contribution in [-0.4, -0.2) is 36.0 Å². The number of carbonyl (C=O) groups is 1. The third-order valence-electron chi connectivity index (χ3n) is 4.02. The molecular weight excluding hydrogens is 368 g/mol. The first-order valence-electron chi connectivity index (χ1n) is 9.13. The van der Waals surface area contributed by atoms with Gasteiger partial charge in [0.2, 0.25) is 0 Å². The van der Waals surface area contributed by atoms with Gasteiger partial charge in [0.05, 0.1) is 19.4 Å². The van der Waals surface area contributed by atoms with Crippen LogP contribution in [0.5, 0.6) is 11.5 Å². The predicted octanol–water partition coefficient (Wildman–Crippen LogP) is 3.91. The minimum absolute atomic E-state index is 0.319. The topological polar surface area (TPSA) is 88.6 Å². The van der Waals surface area contributed by atoms with Crippen LogP contribution in [0.4, 0.5) is 0 Å². The van der Waals surface area contributed by atoms with E-state index in [1.54, 1.807) is 19.3 Å². The van der Waals surface area contributed by atoms with Gasteiger partial charge in [-0.2, -0.15) is 10.2 Å². The van der Waals surface area contributed by atoms with Gasteiger partial charge in [-0.3, -0.25) is 9.89 Å². The molecule has 0 aliphatic carbocycles. The van der Waals surface area contributed by atoms with E-state index in [0.29, 0.717) is 18.0 Å². The monoisotopic (exact) mass is 390 g/mol. The molecule has 0 unspecified atom stereocenters. The number of hydrogen-bond acceptors (Lipinski definition) is 5.